The molecule has 0 amide bonds. The number of aliphatic hydroxyl groups is 1. The summed E-state index contributed by atoms with van der Waals surface area (Å²) in [6, 6.07) is 0. The van der Waals surface area contributed by atoms with Crippen molar-refractivity contribution in [3.05, 3.63) is 23.5 Å². The van der Waals surface area contributed by atoms with Gasteiger partial charge in [0.2, 0.25) is 0 Å². The molecule has 3 rings (SSSR count). The molecule has 1 fully saturated rings. The molecule has 0 saturated heterocycles. The smallest absolute Gasteiger partial charge is 0.193 e. The highest BCUT2D eigenvalue weighted by atomic mass is 32.1. The van der Waals surface area contributed by atoms with Crippen LogP contribution in [-0.2, 0) is 11.2 Å². The van der Waals surface area contributed by atoms with Gasteiger partial charge in [0, 0.05) is 30.8 Å². The third-order valence-electron chi connectivity index (χ3n) is 3.79. The van der Waals surface area contributed by atoms with Gasteiger partial charge >= 0.3 is 0 Å². The molecule has 0 radical (unpaired) electrons. The highest BCUT2D eigenvalue weighted by Crippen LogP contribution is 2.34. The van der Waals surface area contributed by atoms with Gasteiger partial charge in [-0.1, -0.05) is 0 Å². The molecule has 5 heteroatoms. The summed E-state index contributed by atoms with van der Waals surface area (Å²) < 4.78 is 7.56. The zero-order valence-electron chi connectivity index (χ0n) is 11.2. The van der Waals surface area contributed by atoms with Crippen molar-refractivity contribution in [2.75, 3.05) is 6.61 Å². The highest BCUT2D eigenvalue weighted by Gasteiger charge is 2.31. The maximum atomic E-state index is 10.1. The van der Waals surface area contributed by atoms with Crippen LogP contribution in [0.2, 0.25) is 0 Å². The number of imidazole rings is 1. The summed E-state index contributed by atoms with van der Waals surface area (Å²) in [5.74, 6) is 0.621. The van der Waals surface area contributed by atoms with E-state index in [9.17, 15) is 5.11 Å². The average Bonchev–Trinajstić information content (AvgIpc) is 2.86. The predicted octanol–water partition coefficient (Wildman–Crippen LogP) is 2.50. The molecule has 0 spiro atoms. The molecular formula is C14H20N2O2S. The Morgan fingerprint density at radius 3 is 3.16 bits per heavy atom. The van der Waals surface area contributed by atoms with Crippen LogP contribution in [0.25, 0.3) is 4.96 Å². The maximum Gasteiger partial charge on any atom is 0.193 e. The molecule has 1 unspecified atom stereocenters. The van der Waals surface area contributed by atoms with E-state index in [4.69, 9.17) is 4.74 Å². The molecule has 0 aromatic carbocycles. The normalized spacial score (nSPS) is 24.5. The van der Waals surface area contributed by atoms with Crippen LogP contribution < -0.4 is 0 Å². The highest BCUT2D eigenvalue weighted by molar-refractivity contribution is 7.15. The van der Waals surface area contributed by atoms with Gasteiger partial charge < -0.3 is 9.84 Å². The lowest BCUT2D eigenvalue weighted by atomic mass is 9.78. The molecule has 4 nitrogen and oxygen atoms in total. The van der Waals surface area contributed by atoms with Gasteiger partial charge in [-0.2, -0.15) is 0 Å². The van der Waals surface area contributed by atoms with Crippen LogP contribution in [0.5, 0.6) is 0 Å². The van der Waals surface area contributed by atoms with E-state index in [1.165, 1.54) is 0 Å². The van der Waals surface area contributed by atoms with Crippen molar-refractivity contribution in [3.8, 4) is 0 Å². The maximum absolute atomic E-state index is 10.1. The summed E-state index contributed by atoms with van der Waals surface area (Å²) in [6.07, 6.45) is 7.89. The van der Waals surface area contributed by atoms with Gasteiger partial charge in [-0.05, 0) is 32.1 Å². The lowest BCUT2D eigenvalue weighted by molar-refractivity contribution is -0.0376. The number of ether oxygens (including phenoxy) is 1. The fourth-order valence-corrected chi connectivity index (χ4v) is 3.54. The summed E-state index contributed by atoms with van der Waals surface area (Å²) >= 11 is 1.62. The summed E-state index contributed by atoms with van der Waals surface area (Å²) in [7, 11) is 0. The van der Waals surface area contributed by atoms with Crippen molar-refractivity contribution in [2.24, 2.45) is 5.92 Å². The van der Waals surface area contributed by atoms with Gasteiger partial charge in [0.15, 0.2) is 4.96 Å². The molecule has 0 aliphatic heterocycles. The van der Waals surface area contributed by atoms with Gasteiger partial charge in [0.05, 0.1) is 17.9 Å². The number of aromatic nitrogens is 2. The number of rotatable bonds is 6. The van der Waals surface area contributed by atoms with E-state index >= 15 is 0 Å². The fourth-order valence-electron chi connectivity index (χ4n) is 2.82. The summed E-state index contributed by atoms with van der Waals surface area (Å²) in [6.45, 7) is 2.83. The first-order valence-corrected chi connectivity index (χ1v) is 7.83. The Kier molecular flexibility index (Phi) is 3.86. The zero-order chi connectivity index (χ0) is 13.2. The van der Waals surface area contributed by atoms with Gasteiger partial charge in [-0.15, -0.1) is 11.3 Å². The van der Waals surface area contributed by atoms with Gasteiger partial charge in [-0.3, -0.25) is 4.40 Å². The largest absolute Gasteiger partial charge is 0.393 e. The summed E-state index contributed by atoms with van der Waals surface area (Å²) in [4.78, 5) is 5.51. The number of thiazole rings is 1. The van der Waals surface area contributed by atoms with Crippen LogP contribution >= 0.6 is 11.3 Å². The minimum absolute atomic E-state index is 0.280. The fraction of sp³-hybridized carbons (Fsp3) is 0.643. The van der Waals surface area contributed by atoms with Crippen molar-refractivity contribution < 1.29 is 9.84 Å². The van der Waals surface area contributed by atoms with Crippen LogP contribution in [0, 0.1) is 5.92 Å². The topological polar surface area (TPSA) is 46.8 Å². The van der Waals surface area contributed by atoms with Gasteiger partial charge in [0.1, 0.15) is 0 Å². The quantitative estimate of drug-likeness (QED) is 0.884. The molecule has 1 N–H and O–H groups in total. The SMILES string of the molecule is CCOC1CC(CC(O)Cc2cn3ccsc3n2)C1. The molecular weight excluding hydrogens is 260 g/mol. The van der Waals surface area contributed by atoms with E-state index in [-0.39, 0.29) is 6.10 Å². The predicted molar refractivity (Wildman–Crippen MR) is 75.5 cm³/mol. The zero-order valence-corrected chi connectivity index (χ0v) is 12.0. The molecule has 1 atom stereocenters. The first kappa shape index (κ1) is 13.1. The molecule has 1 saturated carbocycles. The van der Waals surface area contributed by atoms with Crippen LogP contribution in [0.3, 0.4) is 0 Å². The van der Waals surface area contributed by atoms with Gasteiger partial charge in [0.25, 0.3) is 0 Å². The number of hydrogen-bond acceptors (Lipinski definition) is 4. The molecule has 1 aliphatic rings. The minimum Gasteiger partial charge on any atom is -0.393 e. The van der Waals surface area contributed by atoms with Crippen LogP contribution in [0.15, 0.2) is 17.8 Å². The molecule has 2 aromatic rings. The Labute approximate surface area is 117 Å². The van der Waals surface area contributed by atoms with Crippen molar-refractivity contribution in [3.63, 3.8) is 0 Å². The Balaban J connectivity index is 1.46. The van der Waals surface area contributed by atoms with E-state index in [0.29, 0.717) is 18.4 Å². The Morgan fingerprint density at radius 2 is 2.42 bits per heavy atom. The summed E-state index contributed by atoms with van der Waals surface area (Å²) in [5, 5.41) is 12.1. The Bertz CT molecular complexity index is 502. The minimum atomic E-state index is -0.280. The van der Waals surface area contributed by atoms with Crippen LogP contribution in [0.4, 0.5) is 0 Å². The molecule has 19 heavy (non-hydrogen) atoms. The van der Waals surface area contributed by atoms with E-state index < -0.39 is 0 Å². The van der Waals surface area contributed by atoms with E-state index in [1.54, 1.807) is 11.3 Å². The first-order valence-electron chi connectivity index (χ1n) is 6.95. The summed E-state index contributed by atoms with van der Waals surface area (Å²) in [5.41, 5.74) is 0.986. The molecule has 2 aromatic heterocycles. The Hall–Kier alpha value is -0.910. The third kappa shape index (κ3) is 2.99. The second-order valence-electron chi connectivity index (χ2n) is 5.33. The second-order valence-corrected chi connectivity index (χ2v) is 6.21. The van der Waals surface area contributed by atoms with Crippen molar-refractivity contribution in [2.45, 2.75) is 44.8 Å². The average molecular weight is 280 g/mol. The number of nitrogens with zero attached hydrogens (tertiary/aromatic N) is 2. The van der Waals surface area contributed by atoms with Crippen molar-refractivity contribution in [1.82, 2.24) is 9.38 Å². The monoisotopic (exact) mass is 280 g/mol. The molecule has 0 bridgehead atoms. The van der Waals surface area contributed by atoms with Gasteiger partial charge in [-0.25, -0.2) is 4.98 Å². The lowest BCUT2D eigenvalue weighted by Crippen LogP contribution is -2.34. The third-order valence-corrected chi connectivity index (χ3v) is 4.56. The second kappa shape index (κ2) is 5.61. The van der Waals surface area contributed by atoms with E-state index in [1.807, 2.05) is 29.1 Å². The number of aliphatic hydroxyl groups excluding tert-OH is 1. The van der Waals surface area contributed by atoms with Crippen molar-refractivity contribution in [1.29, 1.82) is 0 Å². The molecule has 104 valence electrons. The Morgan fingerprint density at radius 1 is 1.58 bits per heavy atom. The van der Waals surface area contributed by atoms with Crippen LogP contribution in [0.1, 0.15) is 31.9 Å². The van der Waals surface area contributed by atoms with E-state index in [0.717, 1.165) is 36.5 Å². The van der Waals surface area contributed by atoms with Crippen molar-refractivity contribution >= 4 is 16.3 Å². The number of hydrogen-bond donors (Lipinski definition) is 1. The molecule has 2 heterocycles. The van der Waals surface area contributed by atoms with E-state index in [2.05, 4.69) is 4.98 Å². The standard InChI is InChI=1S/C14H20N2O2S/c1-2-18-13-6-10(7-13)5-12(17)8-11-9-16-3-4-19-14(16)15-11/h3-4,9-10,12-13,17H,2,5-8H2,1H3. The number of fused-ring (bicyclic) bond motifs is 1. The first-order chi connectivity index (χ1) is 9.24. The molecule has 1 aliphatic carbocycles. The lowest BCUT2D eigenvalue weighted by Gasteiger charge is -2.36. The van der Waals surface area contributed by atoms with Crippen LogP contribution in [-0.4, -0.2) is 33.3 Å².